The van der Waals surface area contributed by atoms with Crippen molar-refractivity contribution in [3.63, 3.8) is 0 Å². The van der Waals surface area contributed by atoms with Crippen molar-refractivity contribution in [3.05, 3.63) is 71.0 Å². The molecule has 1 fully saturated rings. The Kier molecular flexibility index (Phi) is 6.73. The standard InChI is InChI=1S/C24H28FN3O3/c1-4-14-27(15-18-8-6-17(3)7-9-18)21(29)16-28-22(30)24(5-2,26-23(28)31)19-10-12-20(25)13-11-19/h6-13H,4-5,14-16H2,1-3H3,(H,26,31)/t24-/m1/s1. The molecular weight excluding hydrogens is 397 g/mol. The molecule has 6 nitrogen and oxygen atoms in total. The maximum absolute atomic E-state index is 13.4. The predicted octanol–water partition coefficient (Wildman–Crippen LogP) is 3.73. The highest BCUT2D eigenvalue weighted by molar-refractivity contribution is 6.09. The van der Waals surface area contributed by atoms with Gasteiger partial charge in [0.15, 0.2) is 0 Å². The van der Waals surface area contributed by atoms with E-state index in [1.807, 2.05) is 38.1 Å². The van der Waals surface area contributed by atoms with Crippen molar-refractivity contribution in [2.75, 3.05) is 13.1 Å². The molecule has 1 aliphatic rings. The molecule has 1 N–H and O–H groups in total. The topological polar surface area (TPSA) is 69.7 Å². The van der Waals surface area contributed by atoms with Gasteiger partial charge in [-0.05, 0) is 43.0 Å². The van der Waals surface area contributed by atoms with E-state index in [9.17, 15) is 18.8 Å². The molecule has 0 aromatic heterocycles. The third-order valence-corrected chi connectivity index (χ3v) is 5.68. The summed E-state index contributed by atoms with van der Waals surface area (Å²) in [5, 5.41) is 2.73. The second-order valence-electron chi connectivity index (χ2n) is 7.89. The summed E-state index contributed by atoms with van der Waals surface area (Å²) in [7, 11) is 0. The van der Waals surface area contributed by atoms with Gasteiger partial charge in [-0.3, -0.25) is 14.5 Å². The van der Waals surface area contributed by atoms with E-state index in [0.29, 0.717) is 18.7 Å². The van der Waals surface area contributed by atoms with E-state index < -0.39 is 23.3 Å². The fourth-order valence-electron chi connectivity index (χ4n) is 3.85. The number of nitrogens with zero attached hydrogens (tertiary/aromatic N) is 2. The van der Waals surface area contributed by atoms with Gasteiger partial charge in [-0.2, -0.15) is 0 Å². The quantitative estimate of drug-likeness (QED) is 0.655. The second-order valence-corrected chi connectivity index (χ2v) is 7.89. The lowest BCUT2D eigenvalue weighted by molar-refractivity contribution is -0.139. The number of rotatable bonds is 8. The normalized spacial score (nSPS) is 18.3. The molecule has 0 bridgehead atoms. The molecule has 2 aromatic carbocycles. The van der Waals surface area contributed by atoms with Crippen molar-refractivity contribution in [3.8, 4) is 0 Å². The Morgan fingerprint density at radius 2 is 1.71 bits per heavy atom. The smallest absolute Gasteiger partial charge is 0.325 e. The monoisotopic (exact) mass is 425 g/mol. The van der Waals surface area contributed by atoms with Gasteiger partial charge in [-0.25, -0.2) is 9.18 Å². The maximum atomic E-state index is 13.4. The molecule has 3 rings (SSSR count). The van der Waals surface area contributed by atoms with Crippen LogP contribution in [-0.2, 0) is 21.7 Å². The number of imide groups is 1. The minimum atomic E-state index is -1.29. The van der Waals surface area contributed by atoms with Gasteiger partial charge in [-0.15, -0.1) is 0 Å². The first-order valence-corrected chi connectivity index (χ1v) is 10.5. The van der Waals surface area contributed by atoms with Gasteiger partial charge in [0.05, 0.1) is 0 Å². The number of benzene rings is 2. The van der Waals surface area contributed by atoms with Crippen molar-refractivity contribution in [2.45, 2.75) is 45.7 Å². The number of aryl methyl sites for hydroxylation is 1. The van der Waals surface area contributed by atoms with Crippen LogP contribution in [0.1, 0.15) is 43.4 Å². The molecule has 164 valence electrons. The zero-order chi connectivity index (χ0) is 22.6. The summed E-state index contributed by atoms with van der Waals surface area (Å²) < 4.78 is 13.4. The maximum Gasteiger partial charge on any atom is 0.325 e. The van der Waals surface area contributed by atoms with Crippen LogP contribution in [0.25, 0.3) is 0 Å². The summed E-state index contributed by atoms with van der Waals surface area (Å²) in [4.78, 5) is 41.6. The summed E-state index contributed by atoms with van der Waals surface area (Å²) in [6.45, 7) is 6.34. The molecule has 0 radical (unpaired) electrons. The third-order valence-electron chi connectivity index (χ3n) is 5.68. The highest BCUT2D eigenvalue weighted by atomic mass is 19.1. The number of carbonyl (C=O) groups is 3. The molecule has 4 amide bonds. The van der Waals surface area contributed by atoms with Crippen LogP contribution in [0.2, 0.25) is 0 Å². The number of amides is 4. The Labute approximate surface area is 182 Å². The first-order chi connectivity index (χ1) is 14.8. The molecule has 0 aliphatic carbocycles. The SMILES string of the molecule is CCCN(Cc1ccc(C)cc1)C(=O)CN1C(=O)N[C@](CC)(c2ccc(F)cc2)C1=O. The van der Waals surface area contributed by atoms with Gasteiger partial charge >= 0.3 is 6.03 Å². The van der Waals surface area contributed by atoms with Crippen LogP contribution < -0.4 is 5.32 Å². The van der Waals surface area contributed by atoms with Gasteiger partial charge in [-0.1, -0.05) is 55.8 Å². The predicted molar refractivity (Wildman–Crippen MR) is 116 cm³/mol. The highest BCUT2D eigenvalue weighted by Crippen LogP contribution is 2.32. The number of hydrogen-bond acceptors (Lipinski definition) is 3. The van der Waals surface area contributed by atoms with Crippen LogP contribution >= 0.6 is 0 Å². The van der Waals surface area contributed by atoms with E-state index in [1.54, 1.807) is 11.8 Å². The van der Waals surface area contributed by atoms with Gasteiger partial charge in [0.2, 0.25) is 5.91 Å². The summed E-state index contributed by atoms with van der Waals surface area (Å²) in [5.74, 6) is -1.21. The minimum absolute atomic E-state index is 0.288. The van der Waals surface area contributed by atoms with E-state index in [4.69, 9.17) is 0 Å². The van der Waals surface area contributed by atoms with E-state index in [0.717, 1.165) is 22.4 Å². The average Bonchev–Trinajstić information content (AvgIpc) is 3.00. The Hall–Kier alpha value is -3.22. The summed E-state index contributed by atoms with van der Waals surface area (Å²) in [5.41, 5.74) is 1.32. The summed E-state index contributed by atoms with van der Waals surface area (Å²) >= 11 is 0. The number of halogens is 1. The molecule has 0 unspecified atom stereocenters. The van der Waals surface area contributed by atoms with Gasteiger partial charge in [0, 0.05) is 13.1 Å². The molecule has 1 atom stereocenters. The van der Waals surface area contributed by atoms with Crippen LogP contribution in [0.15, 0.2) is 48.5 Å². The second kappa shape index (κ2) is 9.29. The van der Waals surface area contributed by atoms with Crippen molar-refractivity contribution < 1.29 is 18.8 Å². The molecule has 1 saturated heterocycles. The number of urea groups is 1. The third kappa shape index (κ3) is 4.60. The lowest BCUT2D eigenvalue weighted by Crippen LogP contribution is -2.45. The van der Waals surface area contributed by atoms with Crippen molar-refractivity contribution >= 4 is 17.8 Å². The van der Waals surface area contributed by atoms with E-state index >= 15 is 0 Å². The average molecular weight is 426 g/mol. The lowest BCUT2D eigenvalue weighted by Gasteiger charge is -2.27. The first kappa shape index (κ1) is 22.5. The molecule has 7 heteroatoms. The Bertz CT molecular complexity index is 959. The highest BCUT2D eigenvalue weighted by Gasteiger charge is 2.51. The van der Waals surface area contributed by atoms with Crippen LogP contribution in [0.3, 0.4) is 0 Å². The van der Waals surface area contributed by atoms with Crippen LogP contribution in [0.4, 0.5) is 9.18 Å². The number of nitrogens with one attached hydrogen (secondary N) is 1. The Morgan fingerprint density at radius 3 is 2.29 bits per heavy atom. The van der Waals surface area contributed by atoms with Gasteiger partial charge in [0.1, 0.15) is 17.9 Å². The van der Waals surface area contributed by atoms with E-state index in [1.165, 1.54) is 24.3 Å². The van der Waals surface area contributed by atoms with Crippen molar-refractivity contribution in [2.24, 2.45) is 0 Å². The molecular formula is C24H28FN3O3. The number of carbonyl (C=O) groups excluding carboxylic acids is 3. The van der Waals surface area contributed by atoms with E-state index in [-0.39, 0.29) is 18.9 Å². The van der Waals surface area contributed by atoms with Crippen LogP contribution in [0, 0.1) is 12.7 Å². The lowest BCUT2D eigenvalue weighted by atomic mass is 9.87. The fraction of sp³-hybridized carbons (Fsp3) is 0.375. The Balaban J connectivity index is 1.78. The molecule has 31 heavy (non-hydrogen) atoms. The number of hydrogen-bond donors (Lipinski definition) is 1. The zero-order valence-electron chi connectivity index (χ0n) is 18.2. The zero-order valence-corrected chi connectivity index (χ0v) is 18.2. The van der Waals surface area contributed by atoms with E-state index in [2.05, 4.69) is 5.32 Å². The first-order valence-electron chi connectivity index (χ1n) is 10.5. The molecule has 1 aliphatic heterocycles. The van der Waals surface area contributed by atoms with Crippen molar-refractivity contribution in [1.82, 2.24) is 15.1 Å². The molecule has 0 spiro atoms. The Morgan fingerprint density at radius 1 is 1.06 bits per heavy atom. The fourth-order valence-corrected chi connectivity index (χ4v) is 3.85. The molecule has 2 aromatic rings. The summed E-state index contributed by atoms with van der Waals surface area (Å²) in [6, 6.07) is 12.8. The molecule has 0 saturated carbocycles. The van der Waals surface area contributed by atoms with Crippen LogP contribution in [0.5, 0.6) is 0 Å². The molecule has 1 heterocycles. The van der Waals surface area contributed by atoms with Crippen molar-refractivity contribution in [1.29, 1.82) is 0 Å². The van der Waals surface area contributed by atoms with Gasteiger partial charge in [0.25, 0.3) is 5.91 Å². The van der Waals surface area contributed by atoms with Crippen LogP contribution in [-0.4, -0.2) is 40.7 Å². The minimum Gasteiger partial charge on any atom is -0.337 e. The van der Waals surface area contributed by atoms with Gasteiger partial charge < -0.3 is 10.2 Å². The largest absolute Gasteiger partial charge is 0.337 e. The summed E-state index contributed by atoms with van der Waals surface area (Å²) in [6.07, 6.45) is 1.04.